The van der Waals surface area contributed by atoms with Crippen molar-refractivity contribution in [2.45, 2.75) is 21.0 Å². The number of aromatic nitrogens is 2. The Morgan fingerprint density at radius 2 is 1.71 bits per heavy atom. The van der Waals surface area contributed by atoms with E-state index in [1.54, 1.807) is 25.1 Å². The van der Waals surface area contributed by atoms with Crippen LogP contribution in [0.15, 0.2) is 28.8 Å². The fourth-order valence-electron chi connectivity index (χ4n) is 4.71. The van der Waals surface area contributed by atoms with Crippen LogP contribution in [0.5, 0.6) is 0 Å². The summed E-state index contributed by atoms with van der Waals surface area (Å²) in [7, 11) is 0. The number of nitrogens with zero attached hydrogens (tertiary/aromatic N) is 2. The number of amides is 2. The molecule has 6 nitrogen and oxygen atoms in total. The highest BCUT2D eigenvalue weighted by molar-refractivity contribution is 6.64. The number of halogens is 5. The van der Waals surface area contributed by atoms with Crippen LogP contribution in [0, 0.1) is 11.8 Å². The number of hydrogen-bond donors (Lipinski definition) is 2. The molecule has 2 aromatic rings. The highest BCUT2D eigenvalue weighted by atomic mass is 35.5. The van der Waals surface area contributed by atoms with Gasteiger partial charge in [0, 0.05) is 5.03 Å². The van der Waals surface area contributed by atoms with Gasteiger partial charge in [-0.2, -0.15) is 0 Å². The molecular formula is C17H11Cl5N4O2. The van der Waals surface area contributed by atoms with Gasteiger partial charge in [0.25, 0.3) is 0 Å². The van der Waals surface area contributed by atoms with E-state index < -0.39 is 37.7 Å². The summed E-state index contributed by atoms with van der Waals surface area (Å²) in [5.74, 6) is -3.00. The largest absolute Gasteiger partial charge is 0.369 e. The number of anilines is 2. The Bertz CT molecular complexity index is 1100. The Morgan fingerprint density at radius 3 is 2.36 bits per heavy atom. The maximum atomic E-state index is 13.3. The number of aromatic amines is 1. The summed E-state index contributed by atoms with van der Waals surface area (Å²) < 4.78 is -1.82. The molecule has 2 heterocycles. The molecule has 1 aromatic carbocycles. The van der Waals surface area contributed by atoms with Crippen molar-refractivity contribution in [3.8, 4) is 0 Å². The molecule has 1 saturated carbocycles. The number of allylic oxidation sites excluding steroid dienone is 2. The quantitative estimate of drug-likeness (QED) is 0.478. The number of alkyl halides is 4. The zero-order chi connectivity index (χ0) is 20.4. The van der Waals surface area contributed by atoms with Crippen molar-refractivity contribution >= 4 is 92.5 Å². The third-order valence-electron chi connectivity index (χ3n) is 6.01. The van der Waals surface area contributed by atoms with Crippen molar-refractivity contribution in [2.24, 2.45) is 11.8 Å². The van der Waals surface area contributed by atoms with Crippen molar-refractivity contribution in [3.05, 3.63) is 28.8 Å². The standard InChI is InChI=1S/C17H11Cl5N4O2/c1-5-11(18)16(20)10-9(15(5,19)17(16,21)22)12(27)26(13(10)28)6-2-3-7-8(4-6)25-14(23)24-7/h2-4,9-10H,1H3,(H3,23,24,25)/t9-,10+,15?,16?/m0/s1. The molecule has 1 aromatic heterocycles. The van der Waals surface area contributed by atoms with E-state index in [2.05, 4.69) is 9.97 Å². The fourth-order valence-corrected chi connectivity index (χ4v) is 7.23. The van der Waals surface area contributed by atoms with Gasteiger partial charge in [-0.15, -0.1) is 23.2 Å². The second kappa shape index (κ2) is 5.29. The monoisotopic (exact) mass is 478 g/mol. The number of fused-ring (bicyclic) bond motifs is 6. The first-order valence-electron chi connectivity index (χ1n) is 8.24. The number of nitrogens with one attached hydrogen (secondary N) is 1. The Morgan fingerprint density at radius 1 is 1.11 bits per heavy atom. The van der Waals surface area contributed by atoms with Crippen LogP contribution in [0.2, 0.25) is 0 Å². The van der Waals surface area contributed by atoms with Gasteiger partial charge in [-0.3, -0.25) is 9.59 Å². The topological polar surface area (TPSA) is 92.1 Å². The Labute approximate surface area is 183 Å². The van der Waals surface area contributed by atoms with Crippen molar-refractivity contribution in [1.29, 1.82) is 0 Å². The van der Waals surface area contributed by atoms with Crippen molar-refractivity contribution in [1.82, 2.24) is 9.97 Å². The van der Waals surface area contributed by atoms with Crippen LogP contribution in [-0.2, 0) is 9.59 Å². The van der Waals surface area contributed by atoms with E-state index in [9.17, 15) is 9.59 Å². The maximum Gasteiger partial charge on any atom is 0.240 e. The highest BCUT2D eigenvalue weighted by Gasteiger charge is 2.86. The second-order valence-corrected chi connectivity index (χ2v) is 10.1. The normalized spacial score (nSPS) is 36.1. The molecule has 0 spiro atoms. The lowest BCUT2D eigenvalue weighted by molar-refractivity contribution is -0.123. The number of hydrogen-bond acceptors (Lipinski definition) is 4. The fraction of sp³-hybridized carbons (Fsp3) is 0.353. The van der Waals surface area contributed by atoms with E-state index in [-0.39, 0.29) is 11.0 Å². The number of imide groups is 1. The van der Waals surface area contributed by atoms with Crippen molar-refractivity contribution in [3.63, 3.8) is 0 Å². The molecule has 1 aliphatic heterocycles. The number of imidazole rings is 1. The summed E-state index contributed by atoms with van der Waals surface area (Å²) in [6.45, 7) is 1.62. The molecule has 3 aliphatic rings. The summed E-state index contributed by atoms with van der Waals surface area (Å²) in [6, 6.07) is 4.85. The lowest BCUT2D eigenvalue weighted by atomic mass is 9.80. The van der Waals surface area contributed by atoms with Gasteiger partial charge < -0.3 is 10.7 Å². The summed E-state index contributed by atoms with van der Waals surface area (Å²) in [4.78, 5) is 31.4. The summed E-state index contributed by atoms with van der Waals surface area (Å²) in [6.07, 6.45) is 0. The zero-order valence-corrected chi connectivity index (χ0v) is 17.8. The van der Waals surface area contributed by atoms with E-state index in [0.29, 0.717) is 22.3 Å². The number of carbonyl (C=O) groups is 2. The van der Waals surface area contributed by atoms with Crippen LogP contribution in [-0.4, -0.2) is 35.9 Å². The van der Waals surface area contributed by atoms with E-state index in [0.717, 1.165) is 4.90 Å². The number of carbonyl (C=O) groups excluding carboxylic acids is 2. The molecule has 11 heteroatoms. The van der Waals surface area contributed by atoms with Crippen molar-refractivity contribution in [2.75, 3.05) is 10.6 Å². The minimum atomic E-state index is -1.82. The molecule has 2 amide bonds. The molecular weight excluding hydrogens is 469 g/mol. The molecule has 2 fully saturated rings. The lowest BCUT2D eigenvalue weighted by Gasteiger charge is -2.35. The van der Waals surface area contributed by atoms with Crippen LogP contribution in [0.3, 0.4) is 0 Å². The van der Waals surface area contributed by atoms with E-state index >= 15 is 0 Å². The molecule has 2 bridgehead atoms. The molecule has 28 heavy (non-hydrogen) atoms. The molecule has 146 valence electrons. The zero-order valence-electron chi connectivity index (χ0n) is 14.1. The molecule has 5 rings (SSSR count). The first-order chi connectivity index (χ1) is 13.0. The number of benzene rings is 1. The highest BCUT2D eigenvalue weighted by Crippen LogP contribution is 2.77. The summed E-state index contributed by atoms with van der Waals surface area (Å²) in [5.41, 5.74) is 7.58. The SMILES string of the molecule is CC1=C(Cl)C2(Cl)[C@H]3C(=O)N(c4ccc5nc(N)[nH]c5c4)C(=O)[C@H]3C1(Cl)C2(Cl)Cl. The Balaban J connectivity index is 1.68. The minimum Gasteiger partial charge on any atom is -0.369 e. The minimum absolute atomic E-state index is 0.107. The van der Waals surface area contributed by atoms with Gasteiger partial charge in [-0.25, -0.2) is 9.88 Å². The van der Waals surface area contributed by atoms with Gasteiger partial charge in [-0.1, -0.05) is 34.8 Å². The number of rotatable bonds is 1. The molecule has 1 saturated heterocycles. The first kappa shape index (κ1) is 18.8. The average molecular weight is 481 g/mol. The summed E-state index contributed by atoms with van der Waals surface area (Å²) in [5, 5.41) is 0.107. The van der Waals surface area contributed by atoms with Crippen LogP contribution in [0.1, 0.15) is 6.92 Å². The summed E-state index contributed by atoms with van der Waals surface area (Å²) >= 11 is 33.1. The van der Waals surface area contributed by atoms with Gasteiger partial charge >= 0.3 is 0 Å². The van der Waals surface area contributed by atoms with Crippen LogP contribution >= 0.6 is 58.0 Å². The number of nitrogens with two attached hydrogens (primary N) is 1. The van der Waals surface area contributed by atoms with E-state index in [1.165, 1.54) is 0 Å². The smallest absolute Gasteiger partial charge is 0.240 e. The van der Waals surface area contributed by atoms with Crippen LogP contribution in [0.4, 0.5) is 11.6 Å². The molecule has 2 unspecified atom stereocenters. The number of H-pyrrole nitrogens is 1. The first-order valence-corrected chi connectivity index (χ1v) is 10.1. The van der Waals surface area contributed by atoms with Gasteiger partial charge in [0.05, 0.1) is 28.6 Å². The molecule has 0 radical (unpaired) electrons. The van der Waals surface area contributed by atoms with Crippen LogP contribution in [0.25, 0.3) is 11.0 Å². The van der Waals surface area contributed by atoms with Crippen LogP contribution < -0.4 is 10.6 Å². The van der Waals surface area contributed by atoms with Gasteiger partial charge in [0.2, 0.25) is 11.8 Å². The molecule has 3 N–H and O–H groups in total. The Kier molecular flexibility index (Phi) is 3.56. The van der Waals surface area contributed by atoms with Gasteiger partial charge in [0.1, 0.15) is 9.75 Å². The average Bonchev–Trinajstić information content (AvgIpc) is 3.19. The van der Waals surface area contributed by atoms with Crippen molar-refractivity contribution < 1.29 is 9.59 Å². The maximum absolute atomic E-state index is 13.3. The van der Waals surface area contributed by atoms with Gasteiger partial charge in [-0.05, 0) is 30.7 Å². The predicted molar refractivity (Wildman–Crippen MR) is 110 cm³/mol. The third kappa shape index (κ3) is 1.75. The lowest BCUT2D eigenvalue weighted by Crippen LogP contribution is -2.50. The second-order valence-electron chi connectivity index (χ2n) is 7.23. The predicted octanol–water partition coefficient (Wildman–Crippen LogP) is 3.92. The third-order valence-corrected chi connectivity index (χ3v) is 9.78. The molecule has 4 atom stereocenters. The molecule has 2 aliphatic carbocycles. The van der Waals surface area contributed by atoms with E-state index in [4.69, 9.17) is 63.7 Å². The van der Waals surface area contributed by atoms with E-state index in [1.807, 2.05) is 0 Å². The van der Waals surface area contributed by atoms with Gasteiger partial charge in [0.15, 0.2) is 10.3 Å². The number of nitrogen functional groups attached to an aromatic ring is 1. The Hall–Kier alpha value is -1.18.